The summed E-state index contributed by atoms with van der Waals surface area (Å²) in [5.74, 6) is -1.18. The van der Waals surface area contributed by atoms with Gasteiger partial charge in [0.25, 0.3) is 0 Å². The molecule has 0 bridgehead atoms. The predicted octanol–water partition coefficient (Wildman–Crippen LogP) is 9.75. The summed E-state index contributed by atoms with van der Waals surface area (Å²) in [7, 11) is 0. The van der Waals surface area contributed by atoms with Gasteiger partial charge < -0.3 is 0 Å². The first kappa shape index (κ1) is 25.3. The van der Waals surface area contributed by atoms with E-state index < -0.39 is 17.5 Å². The Morgan fingerprint density at radius 2 is 1.37 bits per heavy atom. The molecule has 4 rings (SSSR count). The average Bonchev–Trinajstić information content (AvgIpc) is 2.88. The van der Waals surface area contributed by atoms with Crippen LogP contribution in [0.3, 0.4) is 0 Å². The summed E-state index contributed by atoms with van der Waals surface area (Å²) in [4.78, 5) is 0. The fourth-order valence-corrected chi connectivity index (χ4v) is 5.47. The van der Waals surface area contributed by atoms with Crippen LogP contribution in [0.4, 0.5) is 13.2 Å². The van der Waals surface area contributed by atoms with Crippen LogP contribution in [0.5, 0.6) is 0 Å². The number of fused-ring (bicyclic) bond motifs is 1. The third-order valence-corrected chi connectivity index (χ3v) is 7.67. The van der Waals surface area contributed by atoms with Gasteiger partial charge in [-0.2, -0.15) is 0 Å². The number of halogens is 3. The van der Waals surface area contributed by atoms with Gasteiger partial charge >= 0.3 is 0 Å². The molecule has 0 aliphatic heterocycles. The van der Waals surface area contributed by atoms with Crippen molar-refractivity contribution in [3.05, 3.63) is 96.4 Å². The molecule has 0 atom stereocenters. The molecule has 35 heavy (non-hydrogen) atoms. The minimum atomic E-state index is -1.12. The van der Waals surface area contributed by atoms with Gasteiger partial charge in [-0.15, -0.1) is 13.2 Å². The zero-order valence-electron chi connectivity index (χ0n) is 20.5. The molecular formula is C32H35F3. The van der Waals surface area contributed by atoms with Crippen molar-refractivity contribution in [2.45, 2.75) is 64.2 Å². The predicted molar refractivity (Wildman–Crippen MR) is 141 cm³/mol. The second-order valence-corrected chi connectivity index (χ2v) is 10.0. The van der Waals surface area contributed by atoms with Crippen molar-refractivity contribution >= 4 is 10.8 Å². The van der Waals surface area contributed by atoms with Gasteiger partial charge in [0.1, 0.15) is 5.82 Å². The fourth-order valence-electron chi connectivity index (χ4n) is 5.47. The van der Waals surface area contributed by atoms with E-state index in [1.807, 2.05) is 30.3 Å². The SMILES string of the molecule is C=CCCc1ccc2cc(-c3ccc(CCC4CCC(CCC=C)CC4)cc3)c(F)c(F)c2c1F. The summed E-state index contributed by atoms with van der Waals surface area (Å²) < 4.78 is 44.9. The molecular weight excluding hydrogens is 441 g/mol. The summed E-state index contributed by atoms with van der Waals surface area (Å²) in [5, 5.41) is 0.0927. The third-order valence-electron chi connectivity index (χ3n) is 7.67. The lowest BCUT2D eigenvalue weighted by Crippen LogP contribution is -2.15. The molecule has 3 aromatic carbocycles. The highest BCUT2D eigenvalue weighted by Gasteiger charge is 2.21. The van der Waals surface area contributed by atoms with Crippen LogP contribution in [-0.2, 0) is 12.8 Å². The van der Waals surface area contributed by atoms with Gasteiger partial charge in [-0.05, 0) is 78.5 Å². The lowest BCUT2D eigenvalue weighted by molar-refractivity contribution is 0.254. The van der Waals surface area contributed by atoms with Gasteiger partial charge in [0.15, 0.2) is 11.6 Å². The van der Waals surface area contributed by atoms with E-state index in [0.29, 0.717) is 29.4 Å². The lowest BCUT2D eigenvalue weighted by Gasteiger charge is -2.28. The molecule has 0 heterocycles. The Morgan fingerprint density at radius 3 is 2.03 bits per heavy atom. The highest BCUT2D eigenvalue weighted by molar-refractivity contribution is 5.89. The van der Waals surface area contributed by atoms with Crippen molar-refractivity contribution in [2.75, 3.05) is 0 Å². The van der Waals surface area contributed by atoms with Crippen LogP contribution < -0.4 is 0 Å². The maximum Gasteiger partial charge on any atom is 0.170 e. The molecule has 0 amide bonds. The van der Waals surface area contributed by atoms with Gasteiger partial charge in [0.2, 0.25) is 0 Å². The Kier molecular flexibility index (Phi) is 8.49. The van der Waals surface area contributed by atoms with Gasteiger partial charge in [0.05, 0.1) is 5.39 Å². The number of hydrogen-bond donors (Lipinski definition) is 0. The van der Waals surface area contributed by atoms with E-state index in [1.54, 1.807) is 24.3 Å². The molecule has 1 saturated carbocycles. The zero-order valence-corrected chi connectivity index (χ0v) is 20.5. The molecule has 3 heteroatoms. The van der Waals surface area contributed by atoms with Crippen molar-refractivity contribution < 1.29 is 13.2 Å². The Bertz CT molecular complexity index is 1170. The van der Waals surface area contributed by atoms with Crippen LogP contribution in [0, 0.1) is 29.3 Å². The molecule has 1 fully saturated rings. The van der Waals surface area contributed by atoms with Crippen LogP contribution >= 0.6 is 0 Å². The average molecular weight is 477 g/mol. The highest BCUT2D eigenvalue weighted by Crippen LogP contribution is 2.35. The highest BCUT2D eigenvalue weighted by atomic mass is 19.2. The zero-order chi connectivity index (χ0) is 24.8. The molecule has 0 unspecified atom stereocenters. The number of benzene rings is 3. The van der Waals surface area contributed by atoms with E-state index in [9.17, 15) is 8.78 Å². The number of aryl methyl sites for hydroxylation is 2. The third kappa shape index (κ3) is 5.89. The summed E-state index contributed by atoms with van der Waals surface area (Å²) >= 11 is 0. The van der Waals surface area contributed by atoms with Crippen LogP contribution in [0.2, 0.25) is 0 Å². The molecule has 0 radical (unpaired) electrons. The first-order chi connectivity index (χ1) is 17.0. The molecule has 0 nitrogen and oxygen atoms in total. The van der Waals surface area contributed by atoms with Crippen molar-refractivity contribution in [3.63, 3.8) is 0 Å². The van der Waals surface area contributed by atoms with Gasteiger partial charge in [0, 0.05) is 5.56 Å². The molecule has 0 aromatic heterocycles. The molecule has 0 saturated heterocycles. The monoisotopic (exact) mass is 476 g/mol. The molecule has 0 spiro atoms. The molecule has 184 valence electrons. The van der Waals surface area contributed by atoms with E-state index in [4.69, 9.17) is 0 Å². The second-order valence-electron chi connectivity index (χ2n) is 10.0. The van der Waals surface area contributed by atoms with Gasteiger partial charge in [-0.1, -0.05) is 74.2 Å². The van der Waals surface area contributed by atoms with E-state index in [-0.39, 0.29) is 10.9 Å². The summed E-state index contributed by atoms with van der Waals surface area (Å²) in [6, 6.07) is 12.6. The van der Waals surface area contributed by atoms with Gasteiger partial charge in [-0.3, -0.25) is 0 Å². The topological polar surface area (TPSA) is 0 Å². The van der Waals surface area contributed by atoms with Crippen LogP contribution in [-0.4, -0.2) is 0 Å². The maximum atomic E-state index is 15.0. The van der Waals surface area contributed by atoms with E-state index in [1.165, 1.54) is 44.1 Å². The van der Waals surface area contributed by atoms with E-state index in [0.717, 1.165) is 24.7 Å². The normalized spacial score (nSPS) is 18.0. The minimum absolute atomic E-state index is 0.164. The van der Waals surface area contributed by atoms with Crippen molar-refractivity contribution in [1.29, 1.82) is 0 Å². The Labute approximate surface area is 207 Å². The van der Waals surface area contributed by atoms with Crippen molar-refractivity contribution in [2.24, 2.45) is 11.8 Å². The largest absolute Gasteiger partial charge is 0.206 e. The van der Waals surface area contributed by atoms with Crippen LogP contribution in [0.1, 0.15) is 62.5 Å². The summed E-state index contributed by atoms with van der Waals surface area (Å²) in [6.07, 6.45) is 14.5. The number of rotatable bonds is 10. The first-order valence-electron chi connectivity index (χ1n) is 12.9. The van der Waals surface area contributed by atoms with Crippen LogP contribution in [0.15, 0.2) is 67.8 Å². The van der Waals surface area contributed by atoms with Gasteiger partial charge in [-0.25, -0.2) is 13.2 Å². The fraction of sp³-hybridized carbons (Fsp3) is 0.375. The Morgan fingerprint density at radius 1 is 0.714 bits per heavy atom. The second kappa shape index (κ2) is 11.7. The quantitative estimate of drug-likeness (QED) is 0.255. The van der Waals surface area contributed by atoms with Crippen molar-refractivity contribution in [1.82, 2.24) is 0 Å². The molecule has 3 aromatic rings. The lowest BCUT2D eigenvalue weighted by atomic mass is 9.78. The number of hydrogen-bond acceptors (Lipinski definition) is 0. The Hall–Kier alpha value is -2.81. The van der Waals surface area contributed by atoms with E-state index >= 15 is 4.39 Å². The first-order valence-corrected chi connectivity index (χ1v) is 12.9. The van der Waals surface area contributed by atoms with Crippen LogP contribution in [0.25, 0.3) is 21.9 Å². The molecule has 1 aliphatic rings. The summed E-state index contributed by atoms with van der Waals surface area (Å²) in [5.41, 5.74) is 2.35. The minimum Gasteiger partial charge on any atom is -0.206 e. The smallest absolute Gasteiger partial charge is 0.170 e. The Balaban J connectivity index is 1.44. The summed E-state index contributed by atoms with van der Waals surface area (Å²) in [6.45, 7) is 7.47. The standard InChI is InChI=1S/C32H35F3/c1-3-5-7-22-9-11-23(12-10-22)13-14-24-15-17-25(18-16-24)28-21-27-20-19-26(8-6-4-2)30(33)29(27)32(35)31(28)34/h3-4,15-23H,1-2,5-14H2. The van der Waals surface area contributed by atoms with Crippen molar-refractivity contribution in [3.8, 4) is 11.1 Å². The van der Waals surface area contributed by atoms with E-state index in [2.05, 4.69) is 13.2 Å². The maximum absolute atomic E-state index is 15.0. The number of allylic oxidation sites excluding steroid dienone is 2. The molecule has 1 aliphatic carbocycles. The molecule has 0 N–H and O–H groups in total.